The van der Waals surface area contributed by atoms with Gasteiger partial charge in [0.05, 0.1) is 23.7 Å². The number of allylic oxidation sites excluding steroid dienone is 4. The minimum atomic E-state index is -4.91. The Hall–Kier alpha value is -3.47. The first kappa shape index (κ1) is 31.1. The molecule has 3 aromatic rings. The van der Waals surface area contributed by atoms with Crippen LogP contribution >= 0.6 is 18.9 Å². The molecule has 0 spiro atoms. The number of halogens is 3. The van der Waals surface area contributed by atoms with Gasteiger partial charge in [-0.3, -0.25) is 4.99 Å². The van der Waals surface area contributed by atoms with Crippen LogP contribution in [0, 0.1) is 11.3 Å². The molecule has 0 radical (unpaired) electrons. The summed E-state index contributed by atoms with van der Waals surface area (Å²) in [6.07, 6.45) is 3.01. The van der Waals surface area contributed by atoms with Crippen molar-refractivity contribution >= 4 is 45.3 Å². The maximum Gasteiger partial charge on any atom is 0.417 e. The predicted octanol–water partition coefficient (Wildman–Crippen LogP) is 5.87. The van der Waals surface area contributed by atoms with Crippen molar-refractivity contribution in [2.45, 2.75) is 17.3 Å². The quantitative estimate of drug-likeness (QED) is 0.113. The highest BCUT2D eigenvalue weighted by atomic mass is 32.2. The largest absolute Gasteiger partial charge is 0.492 e. The van der Waals surface area contributed by atoms with Gasteiger partial charge in [0.1, 0.15) is 28.6 Å². The Morgan fingerprint density at radius 2 is 1.90 bits per heavy atom. The van der Waals surface area contributed by atoms with E-state index in [2.05, 4.69) is 4.99 Å². The molecule has 40 heavy (non-hydrogen) atoms. The SMILES string of the molecule is C\C=C/C=C\C=N\CCOc1ccc2cc(S(=O)(=O)NCP(=O)(O)Oc3ccc(C#N)c(C(F)(F)F)c3)sc2c1. The average Bonchev–Trinajstić information content (AvgIpc) is 3.33. The molecule has 0 saturated carbocycles. The van der Waals surface area contributed by atoms with E-state index in [9.17, 15) is 31.0 Å². The van der Waals surface area contributed by atoms with Crippen LogP contribution in [0.5, 0.6) is 11.5 Å². The summed E-state index contributed by atoms with van der Waals surface area (Å²) in [7, 11) is -9.05. The lowest BCUT2D eigenvalue weighted by atomic mass is 10.1. The van der Waals surface area contributed by atoms with Gasteiger partial charge in [0.25, 0.3) is 10.0 Å². The van der Waals surface area contributed by atoms with Gasteiger partial charge in [-0.25, -0.2) is 13.0 Å². The van der Waals surface area contributed by atoms with Gasteiger partial charge in [-0.2, -0.15) is 23.2 Å². The van der Waals surface area contributed by atoms with E-state index < -0.39 is 47.0 Å². The zero-order valence-electron chi connectivity index (χ0n) is 20.8. The summed E-state index contributed by atoms with van der Waals surface area (Å²) in [5, 5.41) is 9.45. The van der Waals surface area contributed by atoms with Crippen LogP contribution < -0.4 is 14.0 Å². The average molecular weight is 614 g/mol. The molecule has 2 N–H and O–H groups in total. The number of nitriles is 1. The first-order chi connectivity index (χ1) is 18.8. The summed E-state index contributed by atoms with van der Waals surface area (Å²) in [5.74, 6) is -0.152. The van der Waals surface area contributed by atoms with Gasteiger partial charge in [0.2, 0.25) is 0 Å². The number of fused-ring (bicyclic) bond motifs is 1. The monoisotopic (exact) mass is 613 g/mol. The summed E-state index contributed by atoms with van der Waals surface area (Å²) >= 11 is 0.893. The molecule has 9 nitrogen and oxygen atoms in total. The van der Waals surface area contributed by atoms with Crippen molar-refractivity contribution in [1.82, 2.24) is 4.72 Å². The molecule has 1 unspecified atom stereocenters. The van der Waals surface area contributed by atoms with E-state index in [1.54, 1.807) is 30.5 Å². The molecule has 15 heteroatoms. The lowest BCUT2D eigenvalue weighted by molar-refractivity contribution is -0.137. The van der Waals surface area contributed by atoms with Crippen LogP contribution in [-0.2, 0) is 20.8 Å². The van der Waals surface area contributed by atoms with Gasteiger partial charge in [0.15, 0.2) is 0 Å². The van der Waals surface area contributed by atoms with Crippen molar-refractivity contribution in [3.63, 3.8) is 0 Å². The molecular formula is C25H23F3N3O6PS2. The number of alkyl halides is 3. The van der Waals surface area contributed by atoms with E-state index in [0.29, 0.717) is 35.1 Å². The van der Waals surface area contributed by atoms with Crippen LogP contribution in [0.2, 0.25) is 0 Å². The van der Waals surface area contributed by atoms with Gasteiger partial charge in [-0.1, -0.05) is 18.2 Å². The minimum absolute atomic E-state index is 0.158. The summed E-state index contributed by atoms with van der Waals surface area (Å²) in [4.78, 5) is 14.3. The normalized spacial score (nSPS) is 14.2. The fourth-order valence-corrected chi connectivity index (χ4v) is 7.10. The first-order valence-electron chi connectivity index (χ1n) is 11.4. The summed E-state index contributed by atoms with van der Waals surface area (Å²) in [6, 6.07) is 9.81. The number of rotatable bonds is 12. The van der Waals surface area contributed by atoms with Crippen molar-refractivity contribution in [2.24, 2.45) is 4.99 Å². The second kappa shape index (κ2) is 13.3. The Morgan fingerprint density at radius 3 is 2.60 bits per heavy atom. The number of aliphatic imine (C=N–C) groups is 1. The standard InChI is InChI=1S/C25H23F3N3O6PS2/c1-2-3-4-5-10-30-11-12-36-20-8-6-18-13-24(39-23(18)15-20)40(34,35)31-17-38(32,33)37-21-9-7-19(16-29)22(14-21)25(26,27)28/h2-10,13-15,31H,11-12,17H2,1H3,(H,32,33)/b3-2-,5-4-,30-10+. The second-order valence-electron chi connectivity index (χ2n) is 7.93. The fourth-order valence-electron chi connectivity index (χ4n) is 3.13. The number of sulfonamides is 1. The van der Waals surface area contributed by atoms with E-state index >= 15 is 0 Å². The highest BCUT2D eigenvalue weighted by molar-refractivity contribution is 7.92. The molecule has 2 aromatic carbocycles. The highest BCUT2D eigenvalue weighted by Crippen LogP contribution is 2.44. The van der Waals surface area contributed by atoms with Crippen LogP contribution in [0.15, 0.2) is 76.0 Å². The van der Waals surface area contributed by atoms with E-state index in [4.69, 9.17) is 14.5 Å². The zero-order chi connectivity index (χ0) is 29.4. The minimum Gasteiger partial charge on any atom is -0.492 e. The first-order valence-corrected chi connectivity index (χ1v) is 15.5. The molecule has 1 atom stereocenters. The number of benzene rings is 2. The lowest BCUT2D eigenvalue weighted by Crippen LogP contribution is -2.25. The van der Waals surface area contributed by atoms with Crippen molar-refractivity contribution in [2.75, 3.05) is 19.4 Å². The summed E-state index contributed by atoms with van der Waals surface area (Å²) in [6.45, 7) is 2.61. The van der Waals surface area contributed by atoms with Gasteiger partial charge in [-0.15, -0.1) is 11.3 Å². The third-order valence-electron chi connectivity index (χ3n) is 4.95. The fraction of sp³-hybridized carbons (Fsp3) is 0.200. The number of ether oxygens (including phenoxy) is 1. The molecule has 0 saturated heterocycles. The van der Waals surface area contributed by atoms with Gasteiger partial charge in [0, 0.05) is 10.9 Å². The number of nitrogens with one attached hydrogen (secondary N) is 1. The highest BCUT2D eigenvalue weighted by Gasteiger charge is 2.35. The van der Waals surface area contributed by atoms with Crippen LogP contribution in [-0.4, -0.2) is 39.0 Å². The molecule has 0 aliphatic carbocycles. The lowest BCUT2D eigenvalue weighted by Gasteiger charge is -2.16. The Labute approximate surface area is 232 Å². The number of hydrogen-bond acceptors (Lipinski definition) is 8. The number of thiophene rings is 1. The Morgan fingerprint density at radius 1 is 1.15 bits per heavy atom. The van der Waals surface area contributed by atoms with Gasteiger partial charge in [-0.05, 0) is 60.9 Å². The third kappa shape index (κ3) is 8.77. The maximum absolute atomic E-state index is 13.1. The molecular weight excluding hydrogens is 590 g/mol. The van der Waals surface area contributed by atoms with Crippen LogP contribution in [0.1, 0.15) is 18.1 Å². The van der Waals surface area contributed by atoms with Crippen molar-refractivity contribution in [1.29, 1.82) is 5.26 Å². The van der Waals surface area contributed by atoms with Gasteiger partial charge < -0.3 is 14.2 Å². The summed E-state index contributed by atoms with van der Waals surface area (Å²) in [5.41, 5.74) is -2.06. The van der Waals surface area contributed by atoms with Crippen molar-refractivity contribution < 1.29 is 40.3 Å². The second-order valence-corrected chi connectivity index (χ2v) is 12.8. The van der Waals surface area contributed by atoms with E-state index in [1.807, 2.05) is 29.9 Å². The molecule has 3 rings (SSSR count). The molecule has 0 aliphatic heterocycles. The smallest absolute Gasteiger partial charge is 0.417 e. The van der Waals surface area contributed by atoms with Crippen LogP contribution in [0.25, 0.3) is 10.1 Å². The zero-order valence-corrected chi connectivity index (χ0v) is 23.4. The third-order valence-corrected chi connectivity index (χ3v) is 9.19. The molecule has 212 valence electrons. The van der Waals surface area contributed by atoms with E-state index in [0.717, 1.165) is 23.5 Å². The topological polar surface area (TPSA) is 138 Å². The summed E-state index contributed by atoms with van der Waals surface area (Å²) < 4.78 is 90.2. The Balaban J connectivity index is 1.64. The molecule has 0 aliphatic rings. The maximum atomic E-state index is 13.1. The molecule has 1 heterocycles. The molecule has 0 bridgehead atoms. The van der Waals surface area contributed by atoms with Crippen molar-refractivity contribution in [3.8, 4) is 17.6 Å². The molecule has 0 fully saturated rings. The molecule has 1 aromatic heterocycles. The van der Waals surface area contributed by atoms with E-state index in [-0.39, 0.29) is 4.21 Å². The number of hydrogen-bond donors (Lipinski definition) is 2. The van der Waals surface area contributed by atoms with Gasteiger partial charge >= 0.3 is 13.8 Å². The molecule has 0 amide bonds. The van der Waals surface area contributed by atoms with Crippen LogP contribution in [0.4, 0.5) is 13.2 Å². The van der Waals surface area contributed by atoms with Crippen LogP contribution in [0.3, 0.4) is 0 Å². The Bertz CT molecular complexity index is 1640. The van der Waals surface area contributed by atoms with E-state index in [1.165, 1.54) is 12.1 Å². The number of nitrogens with zero attached hydrogens (tertiary/aromatic N) is 2. The van der Waals surface area contributed by atoms with Crippen molar-refractivity contribution in [3.05, 3.63) is 77.9 Å². The predicted molar refractivity (Wildman–Crippen MR) is 146 cm³/mol. The Kier molecular flexibility index (Phi) is 10.3.